The summed E-state index contributed by atoms with van der Waals surface area (Å²) in [5, 5.41) is 3.53. The van der Waals surface area contributed by atoms with Gasteiger partial charge in [-0.2, -0.15) is 8.78 Å². The molecule has 0 unspecified atom stereocenters. The Hall–Kier alpha value is -1.40. The number of rotatable bonds is 4. The van der Waals surface area contributed by atoms with E-state index in [-0.39, 0.29) is 5.75 Å². The monoisotopic (exact) mass is 348 g/mol. The van der Waals surface area contributed by atoms with Crippen LogP contribution in [-0.4, -0.2) is 11.6 Å². The van der Waals surface area contributed by atoms with E-state index in [0.29, 0.717) is 21.0 Å². The summed E-state index contributed by atoms with van der Waals surface area (Å²) < 4.78 is 28.9. The van der Waals surface area contributed by atoms with Crippen LogP contribution in [-0.2, 0) is 0 Å². The third-order valence-corrected chi connectivity index (χ3v) is 2.96. The first-order valence-corrected chi connectivity index (χ1v) is 6.34. The normalized spacial score (nSPS) is 10.6. The van der Waals surface area contributed by atoms with Crippen LogP contribution in [0, 0.1) is 0 Å². The minimum atomic E-state index is -2.83. The zero-order valence-corrected chi connectivity index (χ0v) is 11.8. The molecular weight excluding hydrogens is 341 g/mol. The Labute approximate surface area is 121 Å². The number of hydrogen-bond donors (Lipinski definition) is 1. The van der Waals surface area contributed by atoms with E-state index >= 15 is 0 Å². The zero-order chi connectivity index (χ0) is 13.8. The molecule has 0 fully saturated rings. The van der Waals surface area contributed by atoms with E-state index in [1.165, 1.54) is 18.3 Å². The summed E-state index contributed by atoms with van der Waals surface area (Å²) in [6.45, 7) is -2.83. The Morgan fingerprint density at radius 2 is 1.95 bits per heavy atom. The Kier molecular flexibility index (Phi) is 4.55. The van der Waals surface area contributed by atoms with Crippen molar-refractivity contribution in [2.75, 3.05) is 5.32 Å². The second-order valence-corrected chi connectivity index (χ2v) is 4.80. The van der Waals surface area contributed by atoms with Gasteiger partial charge in [-0.3, -0.25) is 0 Å². The highest BCUT2D eigenvalue weighted by atomic mass is 79.9. The van der Waals surface area contributed by atoms with E-state index in [0.717, 1.165) is 0 Å². The average Bonchev–Trinajstić information content (AvgIpc) is 2.34. The van der Waals surface area contributed by atoms with Gasteiger partial charge in [-0.15, -0.1) is 0 Å². The van der Waals surface area contributed by atoms with Crippen LogP contribution in [0.2, 0.25) is 5.02 Å². The van der Waals surface area contributed by atoms with Crippen molar-refractivity contribution >= 4 is 39.0 Å². The van der Waals surface area contributed by atoms with Gasteiger partial charge in [0, 0.05) is 11.9 Å². The largest absolute Gasteiger partial charge is 0.435 e. The number of aromatic nitrogens is 1. The number of anilines is 2. The molecule has 1 heterocycles. The third-order valence-electron chi connectivity index (χ3n) is 2.15. The molecule has 1 N–H and O–H groups in total. The summed E-state index contributed by atoms with van der Waals surface area (Å²) in [6.07, 6.45) is 1.50. The van der Waals surface area contributed by atoms with Crippen molar-refractivity contribution in [1.29, 1.82) is 0 Å². The van der Waals surface area contributed by atoms with Gasteiger partial charge in [0.05, 0.1) is 9.50 Å². The van der Waals surface area contributed by atoms with E-state index in [1.54, 1.807) is 18.2 Å². The Bertz CT molecular complexity index is 566. The second-order valence-electron chi connectivity index (χ2n) is 3.51. The van der Waals surface area contributed by atoms with Crippen molar-refractivity contribution < 1.29 is 13.5 Å². The highest BCUT2D eigenvalue weighted by Gasteiger charge is 2.05. The highest BCUT2D eigenvalue weighted by Crippen LogP contribution is 2.27. The molecule has 0 atom stereocenters. The summed E-state index contributed by atoms with van der Waals surface area (Å²) in [6, 6.07) is 7.81. The summed E-state index contributed by atoms with van der Waals surface area (Å²) in [5.74, 6) is 0.676. The molecule has 2 aromatic rings. The molecule has 0 radical (unpaired) electrons. The summed E-state index contributed by atoms with van der Waals surface area (Å²) >= 11 is 9.10. The molecule has 0 amide bonds. The first-order valence-electron chi connectivity index (χ1n) is 5.17. The van der Waals surface area contributed by atoms with Gasteiger partial charge in [-0.05, 0) is 46.3 Å². The van der Waals surface area contributed by atoms with Gasteiger partial charge < -0.3 is 10.1 Å². The van der Waals surface area contributed by atoms with Gasteiger partial charge in [-0.25, -0.2) is 4.98 Å². The molecular formula is C12H8BrClF2N2O. The van der Waals surface area contributed by atoms with E-state index in [4.69, 9.17) is 11.6 Å². The summed E-state index contributed by atoms with van der Waals surface area (Å²) in [4.78, 5) is 4.10. The molecule has 2 rings (SSSR count). The predicted molar refractivity (Wildman–Crippen MR) is 73.3 cm³/mol. The summed E-state index contributed by atoms with van der Waals surface area (Å²) in [5.41, 5.74) is 0.692. The lowest BCUT2D eigenvalue weighted by atomic mass is 10.3. The van der Waals surface area contributed by atoms with Gasteiger partial charge in [0.1, 0.15) is 11.6 Å². The first-order chi connectivity index (χ1) is 9.04. The molecule has 0 bridgehead atoms. The van der Waals surface area contributed by atoms with Crippen molar-refractivity contribution in [2.24, 2.45) is 0 Å². The van der Waals surface area contributed by atoms with Gasteiger partial charge in [0.15, 0.2) is 0 Å². The first kappa shape index (κ1) is 14.0. The maximum absolute atomic E-state index is 12.0. The predicted octanol–water partition coefficient (Wildman–Crippen LogP) is 4.84. The molecule has 0 aliphatic rings. The zero-order valence-electron chi connectivity index (χ0n) is 9.41. The molecule has 0 aliphatic heterocycles. The van der Waals surface area contributed by atoms with Crippen molar-refractivity contribution in [3.63, 3.8) is 0 Å². The quantitative estimate of drug-likeness (QED) is 0.857. The fraction of sp³-hybridized carbons (Fsp3) is 0.0833. The molecule has 7 heteroatoms. The van der Waals surface area contributed by atoms with Crippen LogP contribution in [0.25, 0.3) is 0 Å². The standard InChI is InChI=1S/C12H8BrClF2N2O/c13-10-5-7(14)6-17-11(10)18-8-1-3-9(4-2-8)19-12(15)16/h1-6,12H,(H,17,18). The lowest BCUT2D eigenvalue weighted by Gasteiger charge is -2.09. The van der Waals surface area contributed by atoms with Gasteiger partial charge in [-0.1, -0.05) is 11.6 Å². The lowest BCUT2D eigenvalue weighted by Crippen LogP contribution is -2.01. The Morgan fingerprint density at radius 3 is 2.53 bits per heavy atom. The number of alkyl halides is 2. The van der Waals surface area contributed by atoms with Gasteiger partial charge >= 0.3 is 6.61 Å². The van der Waals surface area contributed by atoms with Crippen LogP contribution in [0.3, 0.4) is 0 Å². The van der Waals surface area contributed by atoms with Crippen molar-refractivity contribution in [3.8, 4) is 5.75 Å². The van der Waals surface area contributed by atoms with E-state index in [1.807, 2.05) is 0 Å². The van der Waals surface area contributed by atoms with Crippen LogP contribution < -0.4 is 10.1 Å². The van der Waals surface area contributed by atoms with E-state index in [9.17, 15) is 8.78 Å². The van der Waals surface area contributed by atoms with Crippen molar-refractivity contribution in [2.45, 2.75) is 6.61 Å². The number of pyridine rings is 1. The fourth-order valence-corrected chi connectivity index (χ4v) is 2.10. The third kappa shape index (κ3) is 4.04. The average molecular weight is 350 g/mol. The van der Waals surface area contributed by atoms with Crippen molar-refractivity contribution in [3.05, 3.63) is 46.0 Å². The fourth-order valence-electron chi connectivity index (χ4n) is 1.36. The number of halogens is 4. The highest BCUT2D eigenvalue weighted by molar-refractivity contribution is 9.10. The van der Waals surface area contributed by atoms with Crippen molar-refractivity contribution in [1.82, 2.24) is 4.98 Å². The minimum Gasteiger partial charge on any atom is -0.435 e. The lowest BCUT2D eigenvalue weighted by molar-refractivity contribution is -0.0498. The van der Waals surface area contributed by atoms with Crippen LogP contribution in [0.15, 0.2) is 41.0 Å². The molecule has 3 nitrogen and oxygen atoms in total. The van der Waals surface area contributed by atoms with Gasteiger partial charge in [0.2, 0.25) is 0 Å². The van der Waals surface area contributed by atoms with Crippen LogP contribution in [0.5, 0.6) is 5.75 Å². The van der Waals surface area contributed by atoms with Crippen LogP contribution in [0.4, 0.5) is 20.3 Å². The van der Waals surface area contributed by atoms with E-state index in [2.05, 4.69) is 31.0 Å². The molecule has 1 aromatic heterocycles. The topological polar surface area (TPSA) is 34.1 Å². The molecule has 0 spiro atoms. The Morgan fingerprint density at radius 1 is 1.26 bits per heavy atom. The SMILES string of the molecule is FC(F)Oc1ccc(Nc2ncc(Cl)cc2Br)cc1. The minimum absolute atomic E-state index is 0.101. The second kappa shape index (κ2) is 6.16. The smallest absolute Gasteiger partial charge is 0.387 e. The number of benzene rings is 1. The summed E-state index contributed by atoms with van der Waals surface area (Å²) in [7, 11) is 0. The van der Waals surface area contributed by atoms with Crippen LogP contribution in [0.1, 0.15) is 0 Å². The maximum atomic E-state index is 12.0. The number of hydrogen-bond acceptors (Lipinski definition) is 3. The Balaban J connectivity index is 2.10. The molecule has 1 aromatic carbocycles. The molecule has 19 heavy (non-hydrogen) atoms. The molecule has 0 aliphatic carbocycles. The number of nitrogens with one attached hydrogen (secondary N) is 1. The molecule has 100 valence electrons. The number of nitrogens with zero attached hydrogens (tertiary/aromatic N) is 1. The maximum Gasteiger partial charge on any atom is 0.387 e. The molecule has 0 saturated heterocycles. The van der Waals surface area contributed by atoms with Crippen LogP contribution >= 0.6 is 27.5 Å². The molecule has 0 saturated carbocycles. The number of ether oxygens (including phenoxy) is 1. The van der Waals surface area contributed by atoms with E-state index < -0.39 is 6.61 Å². The van der Waals surface area contributed by atoms with Gasteiger partial charge in [0.25, 0.3) is 0 Å².